The lowest BCUT2D eigenvalue weighted by Crippen LogP contribution is -2.05. The quantitative estimate of drug-likeness (QED) is 0.629. The SMILES string of the molecule is CC.Cc1cc(C)c2c(c1)CCO2.Cc1ccc2c(c1)CC(C)O2. The maximum atomic E-state index is 5.56. The van der Waals surface area contributed by atoms with Gasteiger partial charge in [0.25, 0.3) is 0 Å². The van der Waals surface area contributed by atoms with Gasteiger partial charge < -0.3 is 9.47 Å². The zero-order valence-corrected chi connectivity index (χ0v) is 15.9. The minimum atomic E-state index is 0.367. The summed E-state index contributed by atoms with van der Waals surface area (Å²) >= 11 is 0. The molecule has 0 aromatic heterocycles. The number of ether oxygens (including phenoxy) is 2. The fraction of sp³-hybridized carbons (Fsp3) is 0.455. The molecule has 2 heterocycles. The van der Waals surface area contributed by atoms with Crippen LogP contribution in [0.15, 0.2) is 30.3 Å². The van der Waals surface area contributed by atoms with Crippen molar-refractivity contribution >= 4 is 0 Å². The number of fused-ring (bicyclic) bond motifs is 2. The highest BCUT2D eigenvalue weighted by Crippen LogP contribution is 2.30. The van der Waals surface area contributed by atoms with Crippen LogP contribution in [-0.2, 0) is 12.8 Å². The Morgan fingerprint density at radius 2 is 1.62 bits per heavy atom. The van der Waals surface area contributed by atoms with E-state index in [-0.39, 0.29) is 0 Å². The number of benzene rings is 2. The van der Waals surface area contributed by atoms with Gasteiger partial charge in [-0.05, 0) is 50.5 Å². The molecule has 130 valence electrons. The number of rotatable bonds is 0. The molecule has 0 amide bonds. The Labute approximate surface area is 146 Å². The lowest BCUT2D eigenvalue weighted by molar-refractivity contribution is 0.254. The van der Waals surface area contributed by atoms with Gasteiger partial charge in [-0.1, -0.05) is 49.2 Å². The highest BCUT2D eigenvalue weighted by atomic mass is 16.5. The van der Waals surface area contributed by atoms with Crippen molar-refractivity contribution in [3.8, 4) is 11.5 Å². The average molecular weight is 326 g/mol. The van der Waals surface area contributed by atoms with Crippen LogP contribution in [0.5, 0.6) is 11.5 Å². The van der Waals surface area contributed by atoms with Crippen molar-refractivity contribution in [2.24, 2.45) is 0 Å². The molecule has 2 heteroatoms. The molecule has 0 spiro atoms. The predicted molar refractivity (Wildman–Crippen MR) is 101 cm³/mol. The first-order valence-corrected chi connectivity index (χ1v) is 9.02. The average Bonchev–Trinajstić information content (AvgIpc) is 3.15. The minimum Gasteiger partial charge on any atom is -0.493 e. The van der Waals surface area contributed by atoms with Gasteiger partial charge >= 0.3 is 0 Å². The lowest BCUT2D eigenvalue weighted by atomic mass is 10.1. The molecule has 0 fully saturated rings. The van der Waals surface area contributed by atoms with Crippen LogP contribution in [0.3, 0.4) is 0 Å². The summed E-state index contributed by atoms with van der Waals surface area (Å²) in [4.78, 5) is 0. The van der Waals surface area contributed by atoms with E-state index in [1.807, 2.05) is 13.8 Å². The van der Waals surface area contributed by atoms with Crippen molar-refractivity contribution in [2.45, 2.75) is 60.5 Å². The number of hydrogen-bond donors (Lipinski definition) is 0. The van der Waals surface area contributed by atoms with E-state index in [0.29, 0.717) is 6.10 Å². The molecule has 0 saturated heterocycles. The second kappa shape index (κ2) is 8.23. The highest BCUT2D eigenvalue weighted by molar-refractivity contribution is 5.45. The Hall–Kier alpha value is -1.96. The van der Waals surface area contributed by atoms with Crippen molar-refractivity contribution in [3.63, 3.8) is 0 Å². The summed E-state index contributed by atoms with van der Waals surface area (Å²) in [5.41, 5.74) is 6.67. The third-order valence-corrected chi connectivity index (χ3v) is 4.17. The molecule has 0 N–H and O–H groups in total. The van der Waals surface area contributed by atoms with Gasteiger partial charge in [-0.2, -0.15) is 0 Å². The Morgan fingerprint density at radius 1 is 0.917 bits per heavy atom. The number of aryl methyl sites for hydroxylation is 3. The highest BCUT2D eigenvalue weighted by Gasteiger charge is 2.17. The van der Waals surface area contributed by atoms with Crippen molar-refractivity contribution in [2.75, 3.05) is 6.61 Å². The Bertz CT molecular complexity index is 689. The molecule has 2 aliphatic heterocycles. The molecule has 0 aliphatic carbocycles. The summed E-state index contributed by atoms with van der Waals surface area (Å²) in [7, 11) is 0. The van der Waals surface area contributed by atoms with Gasteiger partial charge in [0.05, 0.1) is 6.61 Å². The van der Waals surface area contributed by atoms with Crippen LogP contribution >= 0.6 is 0 Å². The monoisotopic (exact) mass is 326 g/mol. The van der Waals surface area contributed by atoms with Crippen molar-refractivity contribution in [1.82, 2.24) is 0 Å². The van der Waals surface area contributed by atoms with E-state index in [4.69, 9.17) is 9.47 Å². The van der Waals surface area contributed by atoms with Crippen LogP contribution in [0.2, 0.25) is 0 Å². The standard InChI is InChI=1S/2C10H12O.C2H6/c1-7-5-8(2)10-9(6-7)3-4-11-10;1-7-3-4-10-9(5-7)6-8(2)11-10;1-2/h5-6H,3-4H2,1-2H3;3-5,8H,6H2,1-2H3;1-2H3. The fourth-order valence-electron chi connectivity index (χ4n) is 3.25. The summed E-state index contributed by atoms with van der Waals surface area (Å²) in [5, 5.41) is 0. The third-order valence-electron chi connectivity index (χ3n) is 4.17. The molecule has 24 heavy (non-hydrogen) atoms. The second-order valence-corrected chi connectivity index (χ2v) is 6.41. The first-order valence-electron chi connectivity index (χ1n) is 9.02. The fourth-order valence-corrected chi connectivity index (χ4v) is 3.25. The Kier molecular flexibility index (Phi) is 6.30. The minimum absolute atomic E-state index is 0.367. The summed E-state index contributed by atoms with van der Waals surface area (Å²) in [6.07, 6.45) is 2.52. The molecule has 1 unspecified atom stereocenters. The van der Waals surface area contributed by atoms with Crippen molar-refractivity contribution in [1.29, 1.82) is 0 Å². The summed E-state index contributed by atoms with van der Waals surface area (Å²) in [6, 6.07) is 10.8. The molecular formula is C22H30O2. The van der Waals surface area contributed by atoms with Gasteiger partial charge in [-0.3, -0.25) is 0 Å². The van der Waals surface area contributed by atoms with Crippen LogP contribution in [0.25, 0.3) is 0 Å². The topological polar surface area (TPSA) is 18.5 Å². The van der Waals surface area contributed by atoms with Crippen molar-refractivity contribution < 1.29 is 9.47 Å². The maximum Gasteiger partial charge on any atom is 0.125 e. The molecule has 4 rings (SSSR count). The third kappa shape index (κ3) is 4.31. The van der Waals surface area contributed by atoms with Crippen LogP contribution in [0.4, 0.5) is 0 Å². The van der Waals surface area contributed by atoms with E-state index in [9.17, 15) is 0 Å². The first-order chi connectivity index (χ1) is 11.5. The largest absolute Gasteiger partial charge is 0.493 e. The van der Waals surface area contributed by atoms with Crippen LogP contribution in [0.1, 0.15) is 48.6 Å². The second-order valence-electron chi connectivity index (χ2n) is 6.41. The molecule has 0 saturated carbocycles. The van der Waals surface area contributed by atoms with Gasteiger partial charge in [-0.25, -0.2) is 0 Å². The molecule has 1 atom stereocenters. The number of hydrogen-bond acceptors (Lipinski definition) is 2. The molecule has 2 aromatic rings. The smallest absolute Gasteiger partial charge is 0.125 e. The Morgan fingerprint density at radius 3 is 2.38 bits per heavy atom. The van der Waals surface area contributed by atoms with Crippen LogP contribution in [-0.4, -0.2) is 12.7 Å². The molecule has 2 aliphatic rings. The van der Waals surface area contributed by atoms with E-state index in [0.717, 1.165) is 30.9 Å². The van der Waals surface area contributed by atoms with E-state index in [1.165, 1.54) is 27.8 Å². The summed E-state index contributed by atoms with van der Waals surface area (Å²) in [6.45, 7) is 13.3. The van der Waals surface area contributed by atoms with Gasteiger partial charge in [0.1, 0.15) is 17.6 Å². The van der Waals surface area contributed by atoms with E-state index in [1.54, 1.807) is 0 Å². The molecule has 2 nitrogen and oxygen atoms in total. The van der Waals surface area contributed by atoms with Gasteiger partial charge in [0, 0.05) is 12.8 Å². The summed E-state index contributed by atoms with van der Waals surface area (Å²) < 4.78 is 11.0. The van der Waals surface area contributed by atoms with Crippen molar-refractivity contribution in [3.05, 3.63) is 58.1 Å². The zero-order chi connectivity index (χ0) is 17.7. The van der Waals surface area contributed by atoms with Crippen LogP contribution < -0.4 is 9.47 Å². The van der Waals surface area contributed by atoms with E-state index >= 15 is 0 Å². The molecular weight excluding hydrogens is 296 g/mol. The van der Waals surface area contributed by atoms with E-state index < -0.39 is 0 Å². The predicted octanol–water partition coefficient (Wildman–Crippen LogP) is 5.58. The molecule has 0 radical (unpaired) electrons. The first kappa shape index (κ1) is 18.4. The normalized spacial score (nSPS) is 16.5. The molecule has 2 aromatic carbocycles. The molecule has 0 bridgehead atoms. The summed E-state index contributed by atoms with van der Waals surface area (Å²) in [5.74, 6) is 2.19. The maximum absolute atomic E-state index is 5.56. The van der Waals surface area contributed by atoms with Gasteiger partial charge in [-0.15, -0.1) is 0 Å². The lowest BCUT2D eigenvalue weighted by Gasteiger charge is -2.03. The van der Waals surface area contributed by atoms with Crippen LogP contribution in [0, 0.1) is 20.8 Å². The Balaban J connectivity index is 0.000000158. The van der Waals surface area contributed by atoms with Gasteiger partial charge in [0.2, 0.25) is 0 Å². The zero-order valence-electron chi connectivity index (χ0n) is 15.9. The van der Waals surface area contributed by atoms with E-state index in [2.05, 4.69) is 58.0 Å². The van der Waals surface area contributed by atoms with Gasteiger partial charge in [0.15, 0.2) is 0 Å².